The highest BCUT2D eigenvalue weighted by Gasteiger charge is 2.17. The lowest BCUT2D eigenvalue weighted by atomic mass is 9.99. The summed E-state index contributed by atoms with van der Waals surface area (Å²) < 4.78 is 7.62. The number of nitrogens with zero attached hydrogens (tertiary/aromatic N) is 2. The Morgan fingerprint density at radius 3 is 3.11 bits per heavy atom. The van der Waals surface area contributed by atoms with Crippen LogP contribution in [0.4, 0.5) is 0 Å². The van der Waals surface area contributed by atoms with Gasteiger partial charge in [-0.1, -0.05) is 12.1 Å². The van der Waals surface area contributed by atoms with Crippen LogP contribution < -0.4 is 5.32 Å². The van der Waals surface area contributed by atoms with Gasteiger partial charge < -0.3 is 14.6 Å². The molecule has 1 fully saturated rings. The smallest absolute Gasteiger partial charge is 0.135 e. The lowest BCUT2D eigenvalue weighted by Crippen LogP contribution is -2.32. The molecule has 1 unspecified atom stereocenters. The van der Waals surface area contributed by atoms with Crippen LogP contribution in [0.3, 0.4) is 0 Å². The van der Waals surface area contributed by atoms with E-state index in [4.69, 9.17) is 4.74 Å². The zero-order valence-electron chi connectivity index (χ0n) is 11.4. The SMILES string of the molecule is COCc1nc2ccccc2n1CC1CCCNC1. The second-order valence-corrected chi connectivity index (χ2v) is 5.27. The van der Waals surface area contributed by atoms with Gasteiger partial charge in [0.1, 0.15) is 12.4 Å². The van der Waals surface area contributed by atoms with E-state index in [1.807, 2.05) is 6.07 Å². The molecule has 0 aliphatic carbocycles. The summed E-state index contributed by atoms with van der Waals surface area (Å²) >= 11 is 0. The zero-order valence-corrected chi connectivity index (χ0v) is 11.4. The predicted octanol–water partition coefficient (Wildman–Crippen LogP) is 2.18. The van der Waals surface area contributed by atoms with Crippen molar-refractivity contribution in [1.29, 1.82) is 0 Å². The molecule has 0 amide bonds. The van der Waals surface area contributed by atoms with Crippen molar-refractivity contribution < 1.29 is 4.74 Å². The highest BCUT2D eigenvalue weighted by atomic mass is 16.5. The van der Waals surface area contributed by atoms with Crippen LogP contribution in [0.1, 0.15) is 18.7 Å². The fourth-order valence-electron chi connectivity index (χ4n) is 2.91. The fourth-order valence-corrected chi connectivity index (χ4v) is 2.91. The van der Waals surface area contributed by atoms with Crippen molar-refractivity contribution in [1.82, 2.24) is 14.9 Å². The van der Waals surface area contributed by atoms with E-state index in [9.17, 15) is 0 Å². The summed E-state index contributed by atoms with van der Waals surface area (Å²) in [6.45, 7) is 3.88. The molecule has 1 N–H and O–H groups in total. The van der Waals surface area contributed by atoms with E-state index >= 15 is 0 Å². The van der Waals surface area contributed by atoms with Crippen molar-refractivity contribution in [2.24, 2.45) is 5.92 Å². The maximum Gasteiger partial charge on any atom is 0.135 e. The van der Waals surface area contributed by atoms with Gasteiger partial charge >= 0.3 is 0 Å². The van der Waals surface area contributed by atoms with E-state index in [2.05, 4.69) is 33.1 Å². The summed E-state index contributed by atoms with van der Waals surface area (Å²) in [4.78, 5) is 4.69. The summed E-state index contributed by atoms with van der Waals surface area (Å²) in [5.41, 5.74) is 2.29. The molecule has 102 valence electrons. The van der Waals surface area contributed by atoms with Crippen LogP contribution in [0.5, 0.6) is 0 Å². The van der Waals surface area contributed by atoms with Crippen LogP contribution in [-0.4, -0.2) is 29.8 Å². The van der Waals surface area contributed by atoms with E-state index < -0.39 is 0 Å². The molecule has 19 heavy (non-hydrogen) atoms. The number of fused-ring (bicyclic) bond motifs is 1. The third-order valence-corrected chi connectivity index (χ3v) is 3.85. The van der Waals surface area contributed by atoms with E-state index in [1.165, 1.54) is 18.4 Å². The maximum atomic E-state index is 5.29. The molecule has 1 atom stereocenters. The minimum Gasteiger partial charge on any atom is -0.377 e. The van der Waals surface area contributed by atoms with Gasteiger partial charge in [-0.25, -0.2) is 4.98 Å². The Hall–Kier alpha value is -1.39. The summed E-state index contributed by atoms with van der Waals surface area (Å²) in [5, 5.41) is 3.48. The van der Waals surface area contributed by atoms with E-state index in [0.29, 0.717) is 12.5 Å². The molecule has 3 rings (SSSR count). The molecule has 2 aromatic rings. The molecule has 0 bridgehead atoms. The van der Waals surface area contributed by atoms with Gasteiger partial charge in [-0.15, -0.1) is 0 Å². The summed E-state index contributed by atoms with van der Waals surface area (Å²) in [6, 6.07) is 8.34. The first-order valence-electron chi connectivity index (χ1n) is 7.02. The van der Waals surface area contributed by atoms with Crippen LogP contribution in [0.15, 0.2) is 24.3 Å². The molecule has 0 radical (unpaired) electrons. The largest absolute Gasteiger partial charge is 0.377 e. The fraction of sp³-hybridized carbons (Fsp3) is 0.533. The molecule has 0 saturated carbocycles. The van der Waals surface area contributed by atoms with Crippen LogP contribution in [0.25, 0.3) is 11.0 Å². The second kappa shape index (κ2) is 5.72. The van der Waals surface area contributed by atoms with Crippen LogP contribution in [0.2, 0.25) is 0 Å². The molecular formula is C15H21N3O. The highest BCUT2D eigenvalue weighted by molar-refractivity contribution is 5.75. The Morgan fingerprint density at radius 2 is 2.32 bits per heavy atom. The van der Waals surface area contributed by atoms with Crippen molar-refractivity contribution in [3.8, 4) is 0 Å². The first-order chi connectivity index (χ1) is 9.38. The Kier molecular flexibility index (Phi) is 3.80. The van der Waals surface area contributed by atoms with Crippen molar-refractivity contribution in [3.63, 3.8) is 0 Å². The van der Waals surface area contributed by atoms with Crippen LogP contribution in [0, 0.1) is 5.92 Å². The topological polar surface area (TPSA) is 39.1 Å². The van der Waals surface area contributed by atoms with Crippen molar-refractivity contribution >= 4 is 11.0 Å². The number of para-hydroxylation sites is 2. The van der Waals surface area contributed by atoms with Gasteiger partial charge in [0, 0.05) is 13.7 Å². The average Bonchev–Trinajstić information content (AvgIpc) is 2.79. The number of hydrogen-bond acceptors (Lipinski definition) is 3. The number of imidazole rings is 1. The monoisotopic (exact) mass is 259 g/mol. The molecule has 1 aromatic carbocycles. The van der Waals surface area contributed by atoms with Gasteiger partial charge in [-0.05, 0) is 44.0 Å². The molecule has 2 heterocycles. The molecule has 1 aliphatic heterocycles. The number of rotatable bonds is 4. The number of benzene rings is 1. The third kappa shape index (κ3) is 2.65. The first kappa shape index (κ1) is 12.6. The van der Waals surface area contributed by atoms with Crippen LogP contribution in [-0.2, 0) is 17.9 Å². The van der Waals surface area contributed by atoms with Gasteiger partial charge in [0.15, 0.2) is 0 Å². The maximum absolute atomic E-state index is 5.29. The quantitative estimate of drug-likeness (QED) is 0.914. The average molecular weight is 259 g/mol. The lowest BCUT2D eigenvalue weighted by molar-refractivity contribution is 0.172. The molecule has 4 heteroatoms. The highest BCUT2D eigenvalue weighted by Crippen LogP contribution is 2.21. The van der Waals surface area contributed by atoms with E-state index in [-0.39, 0.29) is 0 Å². The van der Waals surface area contributed by atoms with E-state index in [0.717, 1.165) is 31.0 Å². The van der Waals surface area contributed by atoms with Gasteiger partial charge in [0.25, 0.3) is 0 Å². The van der Waals surface area contributed by atoms with Gasteiger partial charge in [-0.3, -0.25) is 0 Å². The van der Waals surface area contributed by atoms with Crippen molar-refractivity contribution in [2.75, 3.05) is 20.2 Å². The van der Waals surface area contributed by atoms with Gasteiger partial charge in [0.05, 0.1) is 11.0 Å². The molecule has 1 aromatic heterocycles. The number of methoxy groups -OCH3 is 1. The number of nitrogens with one attached hydrogen (secondary N) is 1. The van der Waals surface area contributed by atoms with Crippen LogP contribution >= 0.6 is 0 Å². The Balaban J connectivity index is 1.92. The predicted molar refractivity (Wildman–Crippen MR) is 76.0 cm³/mol. The molecule has 1 saturated heterocycles. The normalized spacial score (nSPS) is 19.9. The molecular weight excluding hydrogens is 238 g/mol. The first-order valence-corrected chi connectivity index (χ1v) is 7.02. The minimum atomic E-state index is 0.578. The number of aromatic nitrogens is 2. The molecule has 0 spiro atoms. The Morgan fingerprint density at radius 1 is 1.42 bits per heavy atom. The number of ether oxygens (including phenoxy) is 1. The zero-order chi connectivity index (χ0) is 13.1. The Bertz CT molecular complexity index is 543. The van der Waals surface area contributed by atoms with Crippen molar-refractivity contribution in [3.05, 3.63) is 30.1 Å². The summed E-state index contributed by atoms with van der Waals surface area (Å²) in [7, 11) is 1.73. The van der Waals surface area contributed by atoms with E-state index in [1.54, 1.807) is 7.11 Å². The summed E-state index contributed by atoms with van der Waals surface area (Å²) in [5.74, 6) is 1.73. The van der Waals surface area contributed by atoms with Gasteiger partial charge in [-0.2, -0.15) is 0 Å². The van der Waals surface area contributed by atoms with Gasteiger partial charge in [0.2, 0.25) is 0 Å². The number of piperidine rings is 1. The summed E-state index contributed by atoms with van der Waals surface area (Å²) in [6.07, 6.45) is 2.57. The molecule has 1 aliphatic rings. The third-order valence-electron chi connectivity index (χ3n) is 3.85. The standard InChI is InChI=1S/C15H21N3O/c1-19-11-15-17-13-6-2-3-7-14(13)18(15)10-12-5-4-8-16-9-12/h2-3,6-7,12,16H,4-5,8-11H2,1H3. The lowest BCUT2D eigenvalue weighted by Gasteiger charge is -2.24. The molecule has 4 nitrogen and oxygen atoms in total. The Labute approximate surface area is 113 Å². The van der Waals surface area contributed by atoms with Crippen molar-refractivity contribution in [2.45, 2.75) is 26.0 Å². The number of hydrogen-bond donors (Lipinski definition) is 1. The second-order valence-electron chi connectivity index (χ2n) is 5.27. The minimum absolute atomic E-state index is 0.578.